The minimum absolute atomic E-state index is 0.357. The van der Waals surface area contributed by atoms with Gasteiger partial charge in [0.1, 0.15) is 4.99 Å². The second kappa shape index (κ2) is 6.58. The van der Waals surface area contributed by atoms with Gasteiger partial charge in [0, 0.05) is 11.7 Å². The summed E-state index contributed by atoms with van der Waals surface area (Å²) in [6, 6.07) is 6.28. The normalized spacial score (nSPS) is 23.1. The molecule has 19 heavy (non-hydrogen) atoms. The molecule has 0 aliphatic heterocycles. The Labute approximate surface area is 125 Å². The molecule has 0 aromatic heterocycles. The number of benzene rings is 1. The highest BCUT2D eigenvalue weighted by Gasteiger charge is 2.21. The molecule has 0 bridgehead atoms. The van der Waals surface area contributed by atoms with Gasteiger partial charge in [-0.25, -0.2) is 0 Å². The molecule has 1 fully saturated rings. The molecule has 2 rings (SSSR count). The van der Waals surface area contributed by atoms with Crippen molar-refractivity contribution >= 4 is 34.5 Å². The van der Waals surface area contributed by atoms with Crippen molar-refractivity contribution < 1.29 is 0 Å². The van der Waals surface area contributed by atoms with E-state index in [0.717, 1.165) is 17.2 Å². The molecule has 4 heteroatoms. The molecule has 1 saturated carbocycles. The first-order valence-corrected chi connectivity index (χ1v) is 7.75. The highest BCUT2D eigenvalue weighted by atomic mass is 35.5. The standard InChI is InChI=1S/C15H21ClN2S/c1-2-10-5-3-6-11(9-10)18-13-8-4-7-12(16)14(13)15(17)19/h4,7-8,10-11,18H,2-3,5-6,9H2,1H3,(H2,17,19). The molecule has 0 spiro atoms. The molecule has 3 N–H and O–H groups in total. The number of nitrogens with two attached hydrogens (primary N) is 1. The fourth-order valence-corrected chi connectivity index (χ4v) is 3.46. The van der Waals surface area contributed by atoms with Crippen LogP contribution in [0.4, 0.5) is 5.69 Å². The Balaban J connectivity index is 2.14. The average Bonchev–Trinajstić information content (AvgIpc) is 2.38. The first kappa shape index (κ1) is 14.6. The molecule has 0 amide bonds. The highest BCUT2D eigenvalue weighted by molar-refractivity contribution is 7.80. The molecule has 1 aliphatic carbocycles. The summed E-state index contributed by atoms with van der Waals surface area (Å²) >= 11 is 11.3. The predicted molar refractivity (Wildman–Crippen MR) is 87.0 cm³/mol. The summed E-state index contributed by atoms with van der Waals surface area (Å²) in [5.74, 6) is 0.832. The number of hydrogen-bond donors (Lipinski definition) is 2. The number of anilines is 1. The van der Waals surface area contributed by atoms with Gasteiger partial charge in [-0.2, -0.15) is 0 Å². The Morgan fingerprint density at radius 1 is 1.47 bits per heavy atom. The van der Waals surface area contributed by atoms with Crippen LogP contribution in [0.3, 0.4) is 0 Å². The van der Waals surface area contributed by atoms with Gasteiger partial charge in [0.05, 0.1) is 10.6 Å². The van der Waals surface area contributed by atoms with Crippen LogP contribution in [0.25, 0.3) is 0 Å². The minimum Gasteiger partial charge on any atom is -0.389 e. The Bertz CT molecular complexity index is 461. The van der Waals surface area contributed by atoms with Gasteiger partial charge < -0.3 is 11.1 Å². The smallest absolute Gasteiger partial charge is 0.107 e. The first-order chi connectivity index (χ1) is 9.11. The van der Waals surface area contributed by atoms with Crippen LogP contribution in [0, 0.1) is 5.92 Å². The van der Waals surface area contributed by atoms with Crippen LogP contribution < -0.4 is 11.1 Å². The van der Waals surface area contributed by atoms with Crippen molar-refractivity contribution in [1.29, 1.82) is 0 Å². The van der Waals surface area contributed by atoms with Gasteiger partial charge in [-0.1, -0.05) is 56.1 Å². The van der Waals surface area contributed by atoms with Gasteiger partial charge in [-0.05, 0) is 30.9 Å². The quantitative estimate of drug-likeness (QED) is 0.811. The molecule has 1 aromatic carbocycles. The van der Waals surface area contributed by atoms with E-state index in [1.165, 1.54) is 32.1 Å². The summed E-state index contributed by atoms with van der Waals surface area (Å²) < 4.78 is 0. The van der Waals surface area contributed by atoms with Crippen LogP contribution in [0.5, 0.6) is 0 Å². The van der Waals surface area contributed by atoms with Crippen LogP contribution in [-0.4, -0.2) is 11.0 Å². The van der Waals surface area contributed by atoms with Crippen LogP contribution in [-0.2, 0) is 0 Å². The molecule has 104 valence electrons. The SMILES string of the molecule is CCC1CCCC(Nc2cccc(Cl)c2C(N)=S)C1. The molecule has 2 nitrogen and oxygen atoms in total. The van der Waals surface area contributed by atoms with E-state index in [1.54, 1.807) is 0 Å². The zero-order chi connectivity index (χ0) is 13.8. The van der Waals surface area contributed by atoms with E-state index < -0.39 is 0 Å². The number of thiocarbonyl (C=S) groups is 1. The molecule has 1 aromatic rings. The highest BCUT2D eigenvalue weighted by Crippen LogP contribution is 2.31. The Kier molecular flexibility index (Phi) is 5.06. The van der Waals surface area contributed by atoms with Crippen molar-refractivity contribution in [2.24, 2.45) is 11.7 Å². The van der Waals surface area contributed by atoms with E-state index in [4.69, 9.17) is 29.6 Å². The maximum Gasteiger partial charge on any atom is 0.107 e. The van der Waals surface area contributed by atoms with E-state index in [2.05, 4.69) is 12.2 Å². The lowest BCUT2D eigenvalue weighted by molar-refractivity contribution is 0.327. The molecule has 0 radical (unpaired) electrons. The van der Waals surface area contributed by atoms with E-state index >= 15 is 0 Å². The average molecular weight is 297 g/mol. The van der Waals surface area contributed by atoms with E-state index in [1.807, 2.05) is 18.2 Å². The van der Waals surface area contributed by atoms with Crippen molar-refractivity contribution in [2.75, 3.05) is 5.32 Å². The van der Waals surface area contributed by atoms with Gasteiger partial charge in [-0.3, -0.25) is 0 Å². The monoisotopic (exact) mass is 296 g/mol. The maximum absolute atomic E-state index is 6.19. The summed E-state index contributed by atoms with van der Waals surface area (Å²) in [6.07, 6.45) is 6.33. The zero-order valence-electron chi connectivity index (χ0n) is 11.3. The third-order valence-corrected chi connectivity index (χ3v) is 4.50. The first-order valence-electron chi connectivity index (χ1n) is 6.96. The van der Waals surface area contributed by atoms with Crippen molar-refractivity contribution in [3.8, 4) is 0 Å². The van der Waals surface area contributed by atoms with E-state index in [9.17, 15) is 0 Å². The number of hydrogen-bond acceptors (Lipinski definition) is 2. The van der Waals surface area contributed by atoms with Gasteiger partial charge in [0.15, 0.2) is 0 Å². The van der Waals surface area contributed by atoms with Gasteiger partial charge in [0.2, 0.25) is 0 Å². The summed E-state index contributed by atoms with van der Waals surface area (Å²) in [4.78, 5) is 0.357. The molecule has 0 heterocycles. The van der Waals surface area contributed by atoms with E-state index in [0.29, 0.717) is 16.1 Å². The van der Waals surface area contributed by atoms with Crippen molar-refractivity contribution in [3.05, 3.63) is 28.8 Å². The maximum atomic E-state index is 6.19. The Hall–Kier alpha value is -0.800. The van der Waals surface area contributed by atoms with Crippen LogP contribution in [0.2, 0.25) is 5.02 Å². The Morgan fingerprint density at radius 3 is 2.95 bits per heavy atom. The number of halogens is 1. The molecule has 2 unspecified atom stereocenters. The third kappa shape index (κ3) is 3.61. The van der Waals surface area contributed by atoms with Crippen LogP contribution >= 0.6 is 23.8 Å². The summed E-state index contributed by atoms with van der Waals surface area (Å²) in [5, 5.41) is 4.21. The molecular formula is C15H21ClN2S. The fourth-order valence-electron chi connectivity index (χ4n) is 2.91. The lowest BCUT2D eigenvalue weighted by Crippen LogP contribution is -2.28. The minimum atomic E-state index is 0.357. The van der Waals surface area contributed by atoms with E-state index in [-0.39, 0.29) is 0 Å². The van der Waals surface area contributed by atoms with Gasteiger partial charge >= 0.3 is 0 Å². The van der Waals surface area contributed by atoms with Gasteiger partial charge in [-0.15, -0.1) is 0 Å². The second-order valence-electron chi connectivity index (χ2n) is 5.31. The molecule has 0 saturated heterocycles. The summed E-state index contributed by atoms with van der Waals surface area (Å²) in [7, 11) is 0. The van der Waals surface area contributed by atoms with Crippen LogP contribution in [0.15, 0.2) is 18.2 Å². The topological polar surface area (TPSA) is 38.0 Å². The van der Waals surface area contributed by atoms with Crippen molar-refractivity contribution in [2.45, 2.75) is 45.1 Å². The van der Waals surface area contributed by atoms with Crippen LogP contribution in [0.1, 0.15) is 44.6 Å². The summed E-state index contributed by atoms with van der Waals surface area (Å²) in [6.45, 7) is 2.27. The lowest BCUT2D eigenvalue weighted by Gasteiger charge is -2.30. The summed E-state index contributed by atoms with van der Waals surface area (Å²) in [5.41, 5.74) is 7.53. The van der Waals surface area contributed by atoms with Crippen molar-refractivity contribution in [3.63, 3.8) is 0 Å². The fraction of sp³-hybridized carbons (Fsp3) is 0.533. The largest absolute Gasteiger partial charge is 0.389 e. The predicted octanol–water partition coefficient (Wildman–Crippen LogP) is 4.35. The number of nitrogens with one attached hydrogen (secondary N) is 1. The molecular weight excluding hydrogens is 276 g/mol. The van der Waals surface area contributed by atoms with Gasteiger partial charge in [0.25, 0.3) is 0 Å². The molecule has 1 aliphatic rings. The lowest BCUT2D eigenvalue weighted by atomic mass is 9.84. The Morgan fingerprint density at radius 2 is 2.26 bits per heavy atom. The second-order valence-corrected chi connectivity index (χ2v) is 6.16. The van der Waals surface area contributed by atoms with Crippen molar-refractivity contribution in [1.82, 2.24) is 0 Å². The third-order valence-electron chi connectivity index (χ3n) is 3.98. The number of rotatable bonds is 4. The zero-order valence-corrected chi connectivity index (χ0v) is 12.9. The molecule has 2 atom stereocenters.